The van der Waals surface area contributed by atoms with Crippen molar-refractivity contribution < 1.29 is 4.79 Å². The van der Waals surface area contributed by atoms with Crippen LogP contribution < -0.4 is 0 Å². The Hall–Kier alpha value is -2.85. The number of thiophene rings is 1. The van der Waals surface area contributed by atoms with Crippen molar-refractivity contribution in [3.8, 4) is 0 Å². The van der Waals surface area contributed by atoms with E-state index in [1.807, 2.05) is 54.6 Å². The maximum absolute atomic E-state index is 12.8. The summed E-state index contributed by atoms with van der Waals surface area (Å²) in [5, 5.41) is 8.41. The summed E-state index contributed by atoms with van der Waals surface area (Å²) in [6.45, 7) is 2.12. The van der Waals surface area contributed by atoms with E-state index in [1.165, 1.54) is 4.88 Å². The molecule has 3 aromatic rings. The fourth-order valence-electron chi connectivity index (χ4n) is 2.35. The minimum absolute atomic E-state index is 0.135. The van der Waals surface area contributed by atoms with Crippen LogP contribution in [-0.4, -0.2) is 17.7 Å². The standard InChI is InChI=1S/C21H18N2OS/c1-2-18-13-14-19(25-18)15-22-23-20(16-9-5-3-6-10-16)21(24)17-11-7-4-8-12-17/h3-15H,2H2,1H3/b22-15+,23-20-. The predicted molar refractivity (Wildman–Crippen MR) is 105 cm³/mol. The second-order valence-corrected chi connectivity index (χ2v) is 6.61. The Labute approximate surface area is 151 Å². The van der Waals surface area contributed by atoms with Crippen molar-refractivity contribution in [2.45, 2.75) is 13.3 Å². The highest BCUT2D eigenvalue weighted by atomic mass is 32.1. The second kappa shape index (κ2) is 8.31. The molecule has 0 radical (unpaired) electrons. The van der Waals surface area contributed by atoms with E-state index in [0.29, 0.717) is 11.3 Å². The topological polar surface area (TPSA) is 41.8 Å². The number of aryl methyl sites for hydroxylation is 1. The first-order valence-electron chi connectivity index (χ1n) is 8.13. The van der Waals surface area contributed by atoms with Crippen molar-refractivity contribution >= 4 is 29.0 Å². The molecule has 2 aromatic carbocycles. The first kappa shape index (κ1) is 17.0. The van der Waals surface area contributed by atoms with Gasteiger partial charge in [-0.1, -0.05) is 67.6 Å². The molecule has 1 aromatic heterocycles. The summed E-state index contributed by atoms with van der Waals surface area (Å²) in [5.41, 5.74) is 1.70. The Morgan fingerprint density at radius 2 is 1.56 bits per heavy atom. The second-order valence-electron chi connectivity index (χ2n) is 5.41. The molecule has 3 nitrogen and oxygen atoms in total. The molecule has 1 heterocycles. The molecule has 3 rings (SSSR count). The highest BCUT2D eigenvalue weighted by Crippen LogP contribution is 2.15. The summed E-state index contributed by atoms with van der Waals surface area (Å²) in [6.07, 6.45) is 2.70. The molecule has 124 valence electrons. The third-order valence-electron chi connectivity index (χ3n) is 3.67. The number of carbonyl (C=O) groups is 1. The van der Waals surface area contributed by atoms with Crippen LogP contribution in [0.15, 0.2) is 83.0 Å². The predicted octanol–water partition coefficient (Wildman–Crippen LogP) is 5.02. The van der Waals surface area contributed by atoms with Crippen LogP contribution in [0.2, 0.25) is 0 Å². The van der Waals surface area contributed by atoms with Gasteiger partial charge in [0.25, 0.3) is 0 Å². The largest absolute Gasteiger partial charge is 0.287 e. The summed E-state index contributed by atoms with van der Waals surface area (Å²) in [4.78, 5) is 15.2. The first-order chi connectivity index (χ1) is 12.3. The highest BCUT2D eigenvalue weighted by molar-refractivity contribution is 7.13. The van der Waals surface area contributed by atoms with Crippen molar-refractivity contribution in [3.05, 3.63) is 93.7 Å². The smallest absolute Gasteiger partial charge is 0.213 e. The van der Waals surface area contributed by atoms with Crippen LogP contribution in [0.5, 0.6) is 0 Å². The Morgan fingerprint density at radius 3 is 2.16 bits per heavy atom. The van der Waals surface area contributed by atoms with Gasteiger partial charge in [-0.3, -0.25) is 4.79 Å². The average molecular weight is 346 g/mol. The van der Waals surface area contributed by atoms with Crippen molar-refractivity contribution in [1.82, 2.24) is 0 Å². The minimum atomic E-state index is -0.135. The molecule has 0 unspecified atom stereocenters. The van der Waals surface area contributed by atoms with Crippen LogP contribution in [0.25, 0.3) is 0 Å². The lowest BCUT2D eigenvalue weighted by Crippen LogP contribution is -2.15. The van der Waals surface area contributed by atoms with Crippen LogP contribution in [-0.2, 0) is 6.42 Å². The lowest BCUT2D eigenvalue weighted by Gasteiger charge is -2.04. The lowest BCUT2D eigenvalue weighted by molar-refractivity contribution is 0.106. The highest BCUT2D eigenvalue weighted by Gasteiger charge is 2.15. The van der Waals surface area contributed by atoms with Gasteiger partial charge in [-0.15, -0.1) is 16.4 Å². The van der Waals surface area contributed by atoms with Gasteiger partial charge in [0.1, 0.15) is 5.71 Å². The van der Waals surface area contributed by atoms with Crippen molar-refractivity contribution in [2.75, 3.05) is 0 Å². The molecular formula is C21H18N2OS. The van der Waals surface area contributed by atoms with Crippen molar-refractivity contribution in [3.63, 3.8) is 0 Å². The van der Waals surface area contributed by atoms with E-state index in [-0.39, 0.29) is 5.78 Å². The number of Topliss-reactive ketones (excluding diaryl/α,β-unsaturated/α-hetero) is 1. The summed E-state index contributed by atoms with van der Waals surface area (Å²) in [6, 6.07) is 22.7. The zero-order valence-corrected chi connectivity index (χ0v) is 14.7. The third-order valence-corrected chi connectivity index (χ3v) is 4.84. The molecule has 25 heavy (non-hydrogen) atoms. The van der Waals surface area contributed by atoms with Gasteiger partial charge in [-0.05, 0) is 18.6 Å². The molecule has 0 aliphatic heterocycles. The van der Waals surface area contributed by atoms with Crippen LogP contribution >= 0.6 is 11.3 Å². The van der Waals surface area contributed by atoms with Gasteiger partial charge in [-0.2, -0.15) is 5.10 Å². The van der Waals surface area contributed by atoms with Gasteiger partial charge in [0, 0.05) is 20.9 Å². The number of ketones is 1. The number of rotatable bonds is 6. The Bertz CT molecular complexity index is 896. The maximum atomic E-state index is 12.8. The molecule has 0 saturated heterocycles. The molecule has 0 aliphatic carbocycles. The summed E-state index contributed by atoms with van der Waals surface area (Å²) < 4.78 is 0. The van der Waals surface area contributed by atoms with Gasteiger partial charge in [0.15, 0.2) is 0 Å². The molecule has 0 aliphatic rings. The van der Waals surface area contributed by atoms with Gasteiger partial charge in [0.05, 0.1) is 6.21 Å². The normalized spacial score (nSPS) is 11.8. The number of hydrogen-bond acceptors (Lipinski definition) is 4. The molecule has 0 saturated carbocycles. The Balaban J connectivity index is 1.92. The lowest BCUT2D eigenvalue weighted by atomic mass is 10.0. The molecule has 4 heteroatoms. The van der Waals surface area contributed by atoms with Crippen molar-refractivity contribution in [1.29, 1.82) is 0 Å². The molecule has 0 spiro atoms. The number of carbonyl (C=O) groups excluding carboxylic acids is 1. The van der Waals surface area contributed by atoms with Crippen LogP contribution in [0.3, 0.4) is 0 Å². The quantitative estimate of drug-likeness (QED) is 0.351. The van der Waals surface area contributed by atoms with E-state index in [2.05, 4.69) is 23.2 Å². The van der Waals surface area contributed by atoms with Gasteiger partial charge < -0.3 is 0 Å². The maximum Gasteiger partial charge on any atom is 0.213 e. The Kier molecular flexibility index (Phi) is 5.65. The average Bonchev–Trinajstić information content (AvgIpc) is 3.14. The van der Waals surface area contributed by atoms with Gasteiger partial charge in [0.2, 0.25) is 5.78 Å². The zero-order chi connectivity index (χ0) is 17.5. The van der Waals surface area contributed by atoms with Crippen LogP contribution in [0.4, 0.5) is 0 Å². The van der Waals surface area contributed by atoms with Gasteiger partial charge in [-0.25, -0.2) is 0 Å². The number of benzene rings is 2. The monoisotopic (exact) mass is 346 g/mol. The van der Waals surface area contributed by atoms with E-state index in [0.717, 1.165) is 16.9 Å². The molecule has 0 amide bonds. The summed E-state index contributed by atoms with van der Waals surface area (Å²) in [5.74, 6) is -0.135. The van der Waals surface area contributed by atoms with E-state index in [4.69, 9.17) is 0 Å². The fraction of sp³-hybridized carbons (Fsp3) is 0.0952. The minimum Gasteiger partial charge on any atom is -0.287 e. The molecule has 0 fully saturated rings. The fourth-order valence-corrected chi connectivity index (χ4v) is 3.17. The molecular weight excluding hydrogens is 328 g/mol. The number of hydrogen-bond donors (Lipinski definition) is 0. The zero-order valence-electron chi connectivity index (χ0n) is 13.9. The van der Waals surface area contributed by atoms with E-state index >= 15 is 0 Å². The molecule has 0 bridgehead atoms. The van der Waals surface area contributed by atoms with Crippen LogP contribution in [0.1, 0.15) is 32.6 Å². The van der Waals surface area contributed by atoms with Gasteiger partial charge >= 0.3 is 0 Å². The SMILES string of the molecule is CCc1ccc(/C=N/N=C(\C(=O)c2ccccc2)c2ccccc2)s1. The summed E-state index contributed by atoms with van der Waals surface area (Å²) in [7, 11) is 0. The third kappa shape index (κ3) is 4.37. The molecule has 0 atom stereocenters. The Morgan fingerprint density at radius 1 is 0.920 bits per heavy atom. The first-order valence-corrected chi connectivity index (χ1v) is 8.94. The van der Waals surface area contributed by atoms with Crippen LogP contribution in [0, 0.1) is 0 Å². The summed E-state index contributed by atoms with van der Waals surface area (Å²) >= 11 is 1.68. The van der Waals surface area contributed by atoms with E-state index in [9.17, 15) is 4.79 Å². The van der Waals surface area contributed by atoms with E-state index < -0.39 is 0 Å². The molecule has 0 N–H and O–H groups in total. The van der Waals surface area contributed by atoms with Crippen molar-refractivity contribution in [2.24, 2.45) is 10.2 Å². The number of nitrogens with zero attached hydrogens (tertiary/aromatic N) is 2. The van der Waals surface area contributed by atoms with E-state index in [1.54, 1.807) is 29.7 Å².